The summed E-state index contributed by atoms with van der Waals surface area (Å²) >= 11 is 1.58. The smallest absolute Gasteiger partial charge is 0.261 e. The Morgan fingerprint density at radius 3 is 2.76 bits per heavy atom. The van der Waals surface area contributed by atoms with Gasteiger partial charge in [0.05, 0.1) is 4.88 Å². The van der Waals surface area contributed by atoms with Gasteiger partial charge < -0.3 is 5.32 Å². The molecule has 0 radical (unpaired) electrons. The van der Waals surface area contributed by atoms with Crippen molar-refractivity contribution >= 4 is 17.2 Å². The summed E-state index contributed by atoms with van der Waals surface area (Å²) in [6.45, 7) is 4.08. The Morgan fingerprint density at radius 2 is 2.05 bits per heavy atom. The maximum atomic E-state index is 12.2. The number of carbonyl (C=O) groups is 1. The first-order valence-electron chi connectivity index (χ1n) is 8.34. The fourth-order valence-electron chi connectivity index (χ4n) is 3.82. The van der Waals surface area contributed by atoms with Crippen LogP contribution in [-0.2, 0) is 0 Å². The molecule has 4 heteroatoms. The summed E-state index contributed by atoms with van der Waals surface area (Å²) in [6.07, 6.45) is 9.41. The summed E-state index contributed by atoms with van der Waals surface area (Å²) < 4.78 is 0. The molecule has 21 heavy (non-hydrogen) atoms. The third kappa shape index (κ3) is 3.67. The number of amides is 1. The van der Waals surface area contributed by atoms with Crippen molar-refractivity contribution in [3.63, 3.8) is 0 Å². The zero-order valence-electron chi connectivity index (χ0n) is 12.9. The maximum absolute atomic E-state index is 12.2. The number of hydrogen-bond donors (Lipinski definition) is 1. The average molecular weight is 306 g/mol. The number of likely N-dealkylation sites (tertiary alicyclic amines) is 1. The highest BCUT2D eigenvalue weighted by Crippen LogP contribution is 2.29. The van der Waals surface area contributed by atoms with E-state index in [1.807, 2.05) is 19.1 Å². The molecular formula is C17H26N2OS. The Hall–Kier alpha value is -0.870. The van der Waals surface area contributed by atoms with Gasteiger partial charge in [0.2, 0.25) is 0 Å². The van der Waals surface area contributed by atoms with Crippen molar-refractivity contribution < 1.29 is 4.79 Å². The van der Waals surface area contributed by atoms with Crippen LogP contribution in [0.5, 0.6) is 0 Å². The van der Waals surface area contributed by atoms with E-state index in [0.717, 1.165) is 17.5 Å². The highest BCUT2D eigenvalue weighted by atomic mass is 32.1. The maximum Gasteiger partial charge on any atom is 0.261 e. The SMILES string of the molecule is Cc1ccc(C(=O)NC[C@H]2CCCN2C2CCCCC2)s1. The highest BCUT2D eigenvalue weighted by Gasteiger charge is 2.31. The summed E-state index contributed by atoms with van der Waals surface area (Å²) in [4.78, 5) is 16.9. The Balaban J connectivity index is 1.52. The van der Waals surface area contributed by atoms with Gasteiger partial charge in [0, 0.05) is 23.5 Å². The number of thiophene rings is 1. The van der Waals surface area contributed by atoms with Crippen LogP contribution >= 0.6 is 11.3 Å². The van der Waals surface area contributed by atoms with Crippen LogP contribution in [0.25, 0.3) is 0 Å². The van der Waals surface area contributed by atoms with Crippen molar-refractivity contribution in [2.75, 3.05) is 13.1 Å². The predicted octanol–water partition coefficient (Wildman–Crippen LogP) is 3.58. The fourth-order valence-corrected chi connectivity index (χ4v) is 4.61. The van der Waals surface area contributed by atoms with Crippen LogP contribution in [0.3, 0.4) is 0 Å². The van der Waals surface area contributed by atoms with Gasteiger partial charge in [-0.3, -0.25) is 9.69 Å². The Kier molecular flexibility index (Phi) is 4.96. The van der Waals surface area contributed by atoms with Gasteiger partial charge >= 0.3 is 0 Å². The molecule has 1 aliphatic carbocycles. The second-order valence-corrected chi connectivity index (χ2v) is 7.73. The quantitative estimate of drug-likeness (QED) is 0.922. The lowest BCUT2D eigenvalue weighted by atomic mass is 9.94. The van der Waals surface area contributed by atoms with Gasteiger partial charge in [0.15, 0.2) is 0 Å². The van der Waals surface area contributed by atoms with Gasteiger partial charge in [-0.2, -0.15) is 0 Å². The lowest BCUT2D eigenvalue weighted by Gasteiger charge is -2.35. The molecule has 1 amide bonds. The van der Waals surface area contributed by atoms with Crippen molar-refractivity contribution in [2.45, 2.75) is 64.0 Å². The summed E-state index contributed by atoms with van der Waals surface area (Å²) in [7, 11) is 0. The normalized spacial score (nSPS) is 24.3. The first-order chi connectivity index (χ1) is 10.2. The second kappa shape index (κ2) is 6.93. The Bertz CT molecular complexity index is 479. The van der Waals surface area contributed by atoms with Crippen LogP contribution in [0.1, 0.15) is 59.5 Å². The van der Waals surface area contributed by atoms with E-state index in [0.29, 0.717) is 6.04 Å². The van der Waals surface area contributed by atoms with Gasteiger partial charge in [-0.05, 0) is 51.3 Å². The minimum Gasteiger partial charge on any atom is -0.350 e. The largest absolute Gasteiger partial charge is 0.350 e. The molecule has 0 spiro atoms. The first kappa shape index (κ1) is 15.0. The molecule has 1 atom stereocenters. The van der Waals surface area contributed by atoms with Gasteiger partial charge in [-0.25, -0.2) is 0 Å². The summed E-state index contributed by atoms with van der Waals surface area (Å²) in [5.41, 5.74) is 0. The highest BCUT2D eigenvalue weighted by molar-refractivity contribution is 7.13. The van der Waals surface area contributed by atoms with Gasteiger partial charge in [-0.1, -0.05) is 19.3 Å². The molecule has 1 aromatic rings. The molecule has 3 rings (SSSR count). The van der Waals surface area contributed by atoms with E-state index in [-0.39, 0.29) is 5.91 Å². The van der Waals surface area contributed by atoms with Crippen molar-refractivity contribution in [3.8, 4) is 0 Å². The van der Waals surface area contributed by atoms with E-state index in [4.69, 9.17) is 0 Å². The lowest BCUT2D eigenvalue weighted by molar-refractivity contribution is 0.0924. The van der Waals surface area contributed by atoms with Crippen LogP contribution in [-0.4, -0.2) is 36.0 Å². The van der Waals surface area contributed by atoms with Crippen molar-refractivity contribution in [2.24, 2.45) is 0 Å². The Labute approximate surface area is 131 Å². The van der Waals surface area contributed by atoms with Crippen LogP contribution in [0, 0.1) is 6.92 Å². The van der Waals surface area contributed by atoms with Gasteiger partial charge in [0.1, 0.15) is 0 Å². The molecule has 1 N–H and O–H groups in total. The topological polar surface area (TPSA) is 32.3 Å². The molecule has 2 aliphatic rings. The predicted molar refractivity (Wildman–Crippen MR) is 88.0 cm³/mol. The minimum atomic E-state index is 0.101. The molecule has 0 bridgehead atoms. The third-order valence-electron chi connectivity index (χ3n) is 4.93. The van der Waals surface area contributed by atoms with Gasteiger partial charge in [-0.15, -0.1) is 11.3 Å². The molecule has 2 fully saturated rings. The summed E-state index contributed by atoms with van der Waals surface area (Å²) in [6, 6.07) is 5.28. The standard InChI is InChI=1S/C17H26N2OS/c1-13-9-10-16(21-13)17(20)18-12-15-8-5-11-19(15)14-6-3-2-4-7-14/h9-10,14-15H,2-8,11-12H2,1H3,(H,18,20)/t15-/m1/s1. The molecule has 0 aromatic carbocycles. The molecule has 1 aromatic heterocycles. The summed E-state index contributed by atoms with van der Waals surface area (Å²) in [5, 5.41) is 3.15. The van der Waals surface area contributed by atoms with E-state index in [2.05, 4.69) is 10.2 Å². The number of rotatable bonds is 4. The van der Waals surface area contributed by atoms with Crippen LogP contribution < -0.4 is 5.32 Å². The van der Waals surface area contributed by atoms with Crippen molar-refractivity contribution in [3.05, 3.63) is 21.9 Å². The van der Waals surface area contributed by atoms with E-state index in [9.17, 15) is 4.79 Å². The molecule has 3 nitrogen and oxygen atoms in total. The minimum absolute atomic E-state index is 0.101. The number of nitrogens with one attached hydrogen (secondary N) is 1. The van der Waals surface area contributed by atoms with E-state index < -0.39 is 0 Å². The number of nitrogens with zero attached hydrogens (tertiary/aromatic N) is 1. The van der Waals surface area contributed by atoms with Crippen molar-refractivity contribution in [1.82, 2.24) is 10.2 Å². The van der Waals surface area contributed by atoms with Gasteiger partial charge in [0.25, 0.3) is 5.91 Å². The summed E-state index contributed by atoms with van der Waals surface area (Å²) in [5.74, 6) is 0.101. The number of carbonyl (C=O) groups excluding carboxylic acids is 1. The zero-order chi connectivity index (χ0) is 14.7. The number of hydrogen-bond acceptors (Lipinski definition) is 3. The molecule has 1 aliphatic heterocycles. The van der Waals surface area contributed by atoms with E-state index in [1.54, 1.807) is 11.3 Å². The van der Waals surface area contributed by atoms with E-state index in [1.165, 1.54) is 56.4 Å². The lowest BCUT2D eigenvalue weighted by Crippen LogP contribution is -2.45. The molecule has 116 valence electrons. The van der Waals surface area contributed by atoms with E-state index >= 15 is 0 Å². The molecule has 1 saturated heterocycles. The molecular weight excluding hydrogens is 280 g/mol. The fraction of sp³-hybridized carbons (Fsp3) is 0.706. The van der Waals surface area contributed by atoms with Crippen LogP contribution in [0.4, 0.5) is 0 Å². The first-order valence-corrected chi connectivity index (χ1v) is 9.16. The second-order valence-electron chi connectivity index (χ2n) is 6.45. The third-order valence-corrected chi connectivity index (χ3v) is 5.93. The Morgan fingerprint density at radius 1 is 1.24 bits per heavy atom. The van der Waals surface area contributed by atoms with Crippen molar-refractivity contribution in [1.29, 1.82) is 0 Å². The molecule has 2 heterocycles. The number of aryl methyl sites for hydroxylation is 1. The van der Waals surface area contributed by atoms with Crippen LogP contribution in [0.15, 0.2) is 12.1 Å². The monoisotopic (exact) mass is 306 g/mol. The molecule has 1 saturated carbocycles. The average Bonchev–Trinajstić information content (AvgIpc) is 3.14. The molecule has 0 unspecified atom stereocenters. The zero-order valence-corrected chi connectivity index (χ0v) is 13.8. The van der Waals surface area contributed by atoms with Crippen LogP contribution in [0.2, 0.25) is 0 Å².